The zero-order valence-electron chi connectivity index (χ0n) is 18.0. The fourth-order valence-corrected chi connectivity index (χ4v) is 4.79. The fraction of sp³-hybridized carbons (Fsp3) is 0.375. The first kappa shape index (κ1) is 21.3. The van der Waals surface area contributed by atoms with Gasteiger partial charge in [-0.05, 0) is 44.4 Å². The molecule has 162 valence electrons. The van der Waals surface area contributed by atoms with Gasteiger partial charge in [-0.15, -0.1) is 11.3 Å². The molecule has 3 heterocycles. The van der Waals surface area contributed by atoms with Crippen LogP contribution in [0, 0.1) is 13.8 Å². The molecule has 0 spiro atoms. The topological polar surface area (TPSA) is 66.7 Å². The highest BCUT2D eigenvalue weighted by Gasteiger charge is 2.27. The lowest BCUT2D eigenvalue weighted by Gasteiger charge is -2.34. The molecular formula is C24H27N3O3S. The molecule has 7 heteroatoms. The molecule has 1 aliphatic rings. The molecule has 0 saturated carbocycles. The molecule has 1 saturated heterocycles. The van der Waals surface area contributed by atoms with Gasteiger partial charge in [0, 0.05) is 32.6 Å². The smallest absolute Gasteiger partial charge is 0.265 e. The van der Waals surface area contributed by atoms with Crippen molar-refractivity contribution in [2.24, 2.45) is 0 Å². The number of piperazine rings is 1. The highest BCUT2D eigenvalue weighted by Crippen LogP contribution is 2.30. The van der Waals surface area contributed by atoms with Gasteiger partial charge in [-0.25, -0.2) is 4.98 Å². The quantitative estimate of drug-likeness (QED) is 0.576. The Labute approximate surface area is 186 Å². The molecule has 0 aliphatic carbocycles. The molecule has 31 heavy (non-hydrogen) atoms. The first-order valence-corrected chi connectivity index (χ1v) is 11.5. The summed E-state index contributed by atoms with van der Waals surface area (Å²) < 4.78 is 5.64. The number of hydrogen-bond acceptors (Lipinski definition) is 5. The second kappa shape index (κ2) is 9.47. The van der Waals surface area contributed by atoms with Crippen LogP contribution >= 0.6 is 11.3 Å². The van der Waals surface area contributed by atoms with Crippen molar-refractivity contribution in [1.82, 2.24) is 14.8 Å². The lowest BCUT2D eigenvalue weighted by atomic mass is 10.1. The number of carbonyl (C=O) groups excluding carboxylic acids is 2. The first-order valence-electron chi connectivity index (χ1n) is 10.7. The molecule has 0 unspecified atom stereocenters. The maximum Gasteiger partial charge on any atom is 0.265 e. The van der Waals surface area contributed by atoms with Crippen molar-refractivity contribution in [1.29, 1.82) is 0 Å². The van der Waals surface area contributed by atoms with Crippen molar-refractivity contribution in [2.75, 3.05) is 26.2 Å². The molecule has 0 N–H and O–H groups in total. The second-order valence-electron chi connectivity index (χ2n) is 7.86. The number of furan rings is 1. The number of amides is 2. The van der Waals surface area contributed by atoms with E-state index < -0.39 is 0 Å². The van der Waals surface area contributed by atoms with Gasteiger partial charge in [-0.3, -0.25) is 9.59 Å². The molecule has 1 aliphatic heterocycles. The van der Waals surface area contributed by atoms with Gasteiger partial charge < -0.3 is 14.2 Å². The molecule has 1 aromatic carbocycles. The minimum Gasteiger partial charge on any atom is -0.459 e. The number of nitrogens with zero attached hydrogens (tertiary/aromatic N) is 3. The van der Waals surface area contributed by atoms with Crippen LogP contribution in [-0.2, 0) is 11.2 Å². The van der Waals surface area contributed by atoms with Gasteiger partial charge in [0.05, 0.1) is 5.69 Å². The maximum atomic E-state index is 13.0. The molecule has 3 aromatic rings. The minimum atomic E-state index is -0.0132. The number of carbonyl (C=O) groups is 2. The number of thiazole rings is 1. The largest absolute Gasteiger partial charge is 0.459 e. The standard InChI is InChI=1S/C24H27N3O3S/c1-17-11-12-20(30-17)23-25-18(2)22(31-23)24(29)27-15-13-26(14-16-27)21(28)10-6-9-19-7-4-3-5-8-19/h3-5,7-8,11-12H,6,9-10,13-16H2,1-2H3. The third-order valence-electron chi connectivity index (χ3n) is 5.56. The molecular weight excluding hydrogens is 410 g/mol. The van der Waals surface area contributed by atoms with Gasteiger partial charge >= 0.3 is 0 Å². The van der Waals surface area contributed by atoms with Crippen LogP contribution in [0.3, 0.4) is 0 Å². The van der Waals surface area contributed by atoms with Crippen LogP contribution in [-0.4, -0.2) is 52.8 Å². The summed E-state index contributed by atoms with van der Waals surface area (Å²) in [6.45, 7) is 6.01. The van der Waals surface area contributed by atoms with Crippen molar-refractivity contribution in [3.05, 3.63) is 64.4 Å². The number of benzene rings is 1. The Bertz CT molecular complexity index is 1050. The van der Waals surface area contributed by atoms with Crippen LogP contribution in [0.15, 0.2) is 46.9 Å². The summed E-state index contributed by atoms with van der Waals surface area (Å²) in [5, 5.41) is 0.723. The van der Waals surface area contributed by atoms with E-state index in [1.807, 2.05) is 54.0 Å². The van der Waals surface area contributed by atoms with Gasteiger partial charge in [0.2, 0.25) is 5.91 Å². The Morgan fingerprint density at radius 3 is 2.39 bits per heavy atom. The summed E-state index contributed by atoms with van der Waals surface area (Å²) >= 11 is 1.37. The summed E-state index contributed by atoms with van der Waals surface area (Å²) in [6.07, 6.45) is 2.30. The van der Waals surface area contributed by atoms with Crippen LogP contribution in [0.4, 0.5) is 0 Å². The van der Waals surface area contributed by atoms with E-state index in [-0.39, 0.29) is 11.8 Å². The molecule has 4 rings (SSSR count). The Kier molecular flexibility index (Phi) is 6.51. The zero-order chi connectivity index (χ0) is 21.8. The van der Waals surface area contributed by atoms with E-state index in [1.165, 1.54) is 16.9 Å². The molecule has 6 nitrogen and oxygen atoms in total. The van der Waals surface area contributed by atoms with Crippen LogP contribution in [0.25, 0.3) is 10.8 Å². The number of aryl methyl sites for hydroxylation is 3. The lowest BCUT2D eigenvalue weighted by Crippen LogP contribution is -2.50. The molecule has 0 radical (unpaired) electrons. The van der Waals surface area contributed by atoms with Crippen LogP contribution in [0.5, 0.6) is 0 Å². The Hall–Kier alpha value is -2.93. The fourth-order valence-electron chi connectivity index (χ4n) is 3.80. The first-order chi connectivity index (χ1) is 15.0. The average Bonchev–Trinajstić information content (AvgIpc) is 3.39. The van der Waals surface area contributed by atoms with E-state index in [1.54, 1.807) is 0 Å². The van der Waals surface area contributed by atoms with Gasteiger partial charge in [0.15, 0.2) is 10.8 Å². The average molecular weight is 438 g/mol. The summed E-state index contributed by atoms with van der Waals surface area (Å²) in [4.78, 5) is 34.5. The van der Waals surface area contributed by atoms with E-state index >= 15 is 0 Å². The van der Waals surface area contributed by atoms with Gasteiger partial charge in [0.25, 0.3) is 5.91 Å². The van der Waals surface area contributed by atoms with Crippen molar-refractivity contribution in [3.63, 3.8) is 0 Å². The highest BCUT2D eigenvalue weighted by atomic mass is 32.1. The van der Waals surface area contributed by atoms with Gasteiger partial charge in [-0.1, -0.05) is 30.3 Å². The predicted octanol–water partition coefficient (Wildman–Crippen LogP) is 4.33. The summed E-state index contributed by atoms with van der Waals surface area (Å²) in [5.41, 5.74) is 1.98. The van der Waals surface area contributed by atoms with Crippen LogP contribution < -0.4 is 0 Å². The van der Waals surface area contributed by atoms with E-state index in [4.69, 9.17) is 4.42 Å². The highest BCUT2D eigenvalue weighted by molar-refractivity contribution is 7.17. The lowest BCUT2D eigenvalue weighted by molar-refractivity contribution is -0.132. The number of hydrogen-bond donors (Lipinski definition) is 0. The van der Waals surface area contributed by atoms with Crippen molar-refractivity contribution in [2.45, 2.75) is 33.1 Å². The second-order valence-corrected chi connectivity index (χ2v) is 8.86. The molecule has 1 fully saturated rings. The number of rotatable bonds is 6. The van der Waals surface area contributed by atoms with Crippen molar-refractivity contribution in [3.8, 4) is 10.8 Å². The zero-order valence-corrected chi connectivity index (χ0v) is 18.8. The number of aromatic nitrogens is 1. The molecule has 2 amide bonds. The van der Waals surface area contributed by atoms with E-state index in [0.29, 0.717) is 43.2 Å². The third kappa shape index (κ3) is 5.05. The molecule has 0 atom stereocenters. The monoisotopic (exact) mass is 437 g/mol. The van der Waals surface area contributed by atoms with Crippen LogP contribution in [0.2, 0.25) is 0 Å². The Morgan fingerprint density at radius 2 is 1.71 bits per heavy atom. The summed E-state index contributed by atoms with van der Waals surface area (Å²) in [7, 11) is 0. The summed E-state index contributed by atoms with van der Waals surface area (Å²) in [6, 6.07) is 14.0. The van der Waals surface area contributed by atoms with E-state index in [0.717, 1.165) is 29.3 Å². The van der Waals surface area contributed by atoms with Crippen LogP contribution in [0.1, 0.15) is 39.5 Å². The minimum absolute atomic E-state index is 0.0132. The summed E-state index contributed by atoms with van der Waals surface area (Å²) in [5.74, 6) is 1.67. The molecule has 2 aromatic heterocycles. The Morgan fingerprint density at radius 1 is 1.00 bits per heavy atom. The Balaban J connectivity index is 1.29. The normalized spacial score (nSPS) is 14.1. The SMILES string of the molecule is Cc1ccc(-c2nc(C)c(C(=O)N3CCN(C(=O)CCCc4ccccc4)CC3)s2)o1. The van der Waals surface area contributed by atoms with Crippen molar-refractivity contribution >= 4 is 23.2 Å². The maximum absolute atomic E-state index is 13.0. The third-order valence-corrected chi connectivity index (χ3v) is 6.72. The predicted molar refractivity (Wildman–Crippen MR) is 121 cm³/mol. The van der Waals surface area contributed by atoms with E-state index in [2.05, 4.69) is 17.1 Å². The van der Waals surface area contributed by atoms with Gasteiger partial charge in [-0.2, -0.15) is 0 Å². The van der Waals surface area contributed by atoms with Gasteiger partial charge in [0.1, 0.15) is 10.6 Å². The van der Waals surface area contributed by atoms with E-state index in [9.17, 15) is 9.59 Å². The molecule has 0 bridgehead atoms. The van der Waals surface area contributed by atoms with Crippen molar-refractivity contribution < 1.29 is 14.0 Å².